The van der Waals surface area contributed by atoms with E-state index in [1.54, 1.807) is 4.90 Å². The molecule has 0 atom stereocenters. The lowest BCUT2D eigenvalue weighted by Gasteiger charge is -2.35. The van der Waals surface area contributed by atoms with Gasteiger partial charge in [-0.15, -0.1) is 0 Å². The summed E-state index contributed by atoms with van der Waals surface area (Å²) in [5, 5.41) is 0.719. The van der Waals surface area contributed by atoms with Crippen LogP contribution in [0.25, 0.3) is 10.9 Å². The van der Waals surface area contributed by atoms with E-state index in [2.05, 4.69) is 30.9 Å². The van der Waals surface area contributed by atoms with Crippen LogP contribution < -0.4 is 4.90 Å². The molecule has 11 heteroatoms. The van der Waals surface area contributed by atoms with Gasteiger partial charge in [-0.05, 0) is 28.1 Å². The summed E-state index contributed by atoms with van der Waals surface area (Å²) in [5.74, 6) is 0.675. The van der Waals surface area contributed by atoms with Crippen LogP contribution in [-0.4, -0.2) is 64.5 Å². The van der Waals surface area contributed by atoms with E-state index in [1.165, 1.54) is 11.8 Å². The van der Waals surface area contributed by atoms with E-state index in [0.29, 0.717) is 53.7 Å². The Morgan fingerprint density at radius 2 is 1.97 bits per heavy atom. The highest BCUT2D eigenvalue weighted by Crippen LogP contribution is 2.35. The van der Waals surface area contributed by atoms with E-state index in [1.807, 2.05) is 18.7 Å². The van der Waals surface area contributed by atoms with Crippen LogP contribution in [0.2, 0.25) is 5.15 Å². The number of aromatic nitrogens is 3. The van der Waals surface area contributed by atoms with Crippen molar-refractivity contribution in [2.24, 2.45) is 0 Å². The van der Waals surface area contributed by atoms with Crippen molar-refractivity contribution in [3.63, 3.8) is 0 Å². The highest BCUT2D eigenvalue weighted by Gasteiger charge is 2.27. The molecule has 0 bridgehead atoms. The largest absolute Gasteiger partial charge is 0.449 e. The Kier molecular flexibility index (Phi) is 7.75. The van der Waals surface area contributed by atoms with E-state index in [-0.39, 0.29) is 16.8 Å². The maximum atomic E-state index is 14.7. The molecule has 0 N–H and O–H groups in total. The Labute approximate surface area is 186 Å². The maximum absolute atomic E-state index is 14.7. The molecule has 7 nitrogen and oxygen atoms in total. The first kappa shape index (κ1) is 22.3. The molecule has 1 aliphatic rings. The van der Waals surface area contributed by atoms with E-state index >= 15 is 0 Å². The van der Waals surface area contributed by atoms with Crippen LogP contribution in [0.5, 0.6) is 0 Å². The molecule has 0 aliphatic carbocycles. The Hall–Kier alpha value is -1.39. The summed E-state index contributed by atoms with van der Waals surface area (Å²) >= 11 is 10.7. The van der Waals surface area contributed by atoms with Crippen molar-refractivity contribution in [2.45, 2.75) is 31.8 Å². The van der Waals surface area contributed by atoms with Crippen molar-refractivity contribution < 1.29 is 13.9 Å². The van der Waals surface area contributed by atoms with Gasteiger partial charge in [0.1, 0.15) is 15.9 Å². The first-order valence-corrected chi connectivity index (χ1v) is 11.6. The molecule has 0 spiro atoms. The number of pyridine rings is 1. The predicted molar refractivity (Wildman–Crippen MR) is 116 cm³/mol. The average Bonchev–Trinajstić information content (AvgIpc) is 2.72. The molecule has 0 unspecified atom stereocenters. The lowest BCUT2D eigenvalue weighted by atomic mass is 10.2. The summed E-state index contributed by atoms with van der Waals surface area (Å²) in [6, 6.07) is 0. The quantitative estimate of drug-likeness (QED) is 0.242. The highest BCUT2D eigenvalue weighted by atomic mass is 79.9. The first-order valence-electron chi connectivity index (χ1n) is 9.47. The lowest BCUT2D eigenvalue weighted by Crippen LogP contribution is -2.49. The summed E-state index contributed by atoms with van der Waals surface area (Å²) in [6.07, 6.45) is 1.53. The minimum atomic E-state index is -0.662. The monoisotopic (exact) mass is 505 g/mol. The highest BCUT2D eigenvalue weighted by molar-refractivity contribution is 9.10. The van der Waals surface area contributed by atoms with Crippen molar-refractivity contribution in [1.29, 1.82) is 0 Å². The zero-order valence-electron chi connectivity index (χ0n) is 16.3. The third kappa shape index (κ3) is 5.03. The van der Waals surface area contributed by atoms with Crippen LogP contribution in [0.15, 0.2) is 9.76 Å². The van der Waals surface area contributed by atoms with Gasteiger partial charge in [0.05, 0.1) is 12.0 Å². The van der Waals surface area contributed by atoms with Crippen LogP contribution >= 0.6 is 39.3 Å². The van der Waals surface area contributed by atoms with E-state index < -0.39 is 5.82 Å². The molecule has 3 heterocycles. The molecule has 1 amide bonds. The van der Waals surface area contributed by atoms with Crippen molar-refractivity contribution in [2.75, 3.05) is 43.4 Å². The van der Waals surface area contributed by atoms with Crippen LogP contribution in [0.3, 0.4) is 0 Å². The second-order valence-corrected chi connectivity index (χ2v) is 8.78. The summed E-state index contributed by atoms with van der Waals surface area (Å²) in [5.41, 5.74) is 0.138. The maximum Gasteiger partial charge on any atom is 0.409 e. The number of piperazine rings is 1. The summed E-state index contributed by atoms with van der Waals surface area (Å²) in [7, 11) is 0. The number of rotatable bonds is 6. The molecule has 0 saturated carbocycles. The first-order chi connectivity index (χ1) is 14.0. The number of anilines is 1. The standard InChI is InChI=1S/C18H22BrClFN5O2S/c1-3-5-10-28-18(27)26-8-6-25(7-9-26)16-11-13(22-17(24-16)29-4-2)12(21)15(20)23-14(11)19/h3-10H2,1-2H3. The lowest BCUT2D eigenvalue weighted by molar-refractivity contribution is 0.0989. The average molecular weight is 507 g/mol. The van der Waals surface area contributed by atoms with Gasteiger partial charge in [-0.2, -0.15) is 0 Å². The van der Waals surface area contributed by atoms with Gasteiger partial charge in [-0.1, -0.05) is 43.6 Å². The van der Waals surface area contributed by atoms with Crippen LogP contribution in [0, 0.1) is 5.82 Å². The van der Waals surface area contributed by atoms with Gasteiger partial charge in [-0.25, -0.2) is 24.1 Å². The van der Waals surface area contributed by atoms with Crippen LogP contribution in [-0.2, 0) is 4.74 Å². The smallest absolute Gasteiger partial charge is 0.409 e. The molecule has 1 saturated heterocycles. The normalized spacial score (nSPS) is 14.5. The minimum absolute atomic E-state index is 0.138. The van der Waals surface area contributed by atoms with Gasteiger partial charge in [-0.3, -0.25) is 0 Å². The number of ether oxygens (including phenoxy) is 1. The molecular formula is C18H22BrClFN5O2S. The third-order valence-electron chi connectivity index (χ3n) is 4.50. The molecular weight excluding hydrogens is 485 g/mol. The van der Waals surface area contributed by atoms with Gasteiger partial charge in [0.2, 0.25) is 0 Å². The molecule has 0 radical (unpaired) electrons. The van der Waals surface area contributed by atoms with Gasteiger partial charge in [0.25, 0.3) is 0 Å². The Morgan fingerprint density at radius 1 is 1.24 bits per heavy atom. The van der Waals surface area contributed by atoms with Gasteiger partial charge in [0.15, 0.2) is 16.1 Å². The molecule has 158 valence electrons. The molecule has 2 aromatic heterocycles. The Morgan fingerprint density at radius 3 is 2.62 bits per heavy atom. The zero-order valence-corrected chi connectivity index (χ0v) is 19.4. The number of carbonyl (C=O) groups is 1. The number of nitrogens with zero attached hydrogens (tertiary/aromatic N) is 5. The van der Waals surface area contributed by atoms with Gasteiger partial charge >= 0.3 is 6.09 Å². The fourth-order valence-corrected chi connectivity index (χ4v) is 4.37. The fourth-order valence-electron chi connectivity index (χ4n) is 2.98. The number of halogens is 3. The second kappa shape index (κ2) is 10.1. The Bertz CT molecular complexity index is 898. The number of amides is 1. The van der Waals surface area contributed by atoms with Crippen molar-refractivity contribution in [3.8, 4) is 0 Å². The third-order valence-corrected chi connectivity index (χ3v) is 6.05. The number of hydrogen-bond acceptors (Lipinski definition) is 7. The van der Waals surface area contributed by atoms with Gasteiger partial charge < -0.3 is 14.5 Å². The summed E-state index contributed by atoms with van der Waals surface area (Å²) in [6.45, 7) is 6.53. The van der Waals surface area contributed by atoms with E-state index in [4.69, 9.17) is 16.3 Å². The topological polar surface area (TPSA) is 71.5 Å². The van der Waals surface area contributed by atoms with Crippen LogP contribution in [0.4, 0.5) is 15.0 Å². The van der Waals surface area contributed by atoms with Crippen molar-refractivity contribution >= 4 is 62.1 Å². The van der Waals surface area contributed by atoms with E-state index in [0.717, 1.165) is 18.6 Å². The molecule has 29 heavy (non-hydrogen) atoms. The molecule has 1 aliphatic heterocycles. The minimum Gasteiger partial charge on any atom is -0.449 e. The number of unbranched alkanes of at least 4 members (excludes halogenated alkanes) is 1. The number of thioether (sulfide) groups is 1. The number of carbonyl (C=O) groups excluding carboxylic acids is 1. The second-order valence-electron chi connectivity index (χ2n) is 6.44. The SMILES string of the molecule is CCCCOC(=O)N1CCN(c2nc(SCC)nc3c(F)c(Cl)nc(Br)c23)CC1. The van der Waals surface area contributed by atoms with Crippen molar-refractivity contribution in [3.05, 3.63) is 15.6 Å². The zero-order chi connectivity index (χ0) is 21.0. The predicted octanol–water partition coefficient (Wildman–Crippen LogP) is 4.75. The van der Waals surface area contributed by atoms with E-state index in [9.17, 15) is 9.18 Å². The van der Waals surface area contributed by atoms with Crippen molar-refractivity contribution in [1.82, 2.24) is 19.9 Å². The Balaban J connectivity index is 1.86. The van der Waals surface area contributed by atoms with Gasteiger partial charge in [0, 0.05) is 26.2 Å². The molecule has 1 fully saturated rings. The fraction of sp³-hybridized carbons (Fsp3) is 0.556. The summed E-state index contributed by atoms with van der Waals surface area (Å²) < 4.78 is 20.3. The molecule has 0 aromatic carbocycles. The summed E-state index contributed by atoms with van der Waals surface area (Å²) in [4.78, 5) is 28.9. The number of hydrogen-bond donors (Lipinski definition) is 0. The van der Waals surface area contributed by atoms with Crippen LogP contribution in [0.1, 0.15) is 26.7 Å². The molecule has 2 aromatic rings. The molecule has 3 rings (SSSR count). The number of fused-ring (bicyclic) bond motifs is 1.